The van der Waals surface area contributed by atoms with Crippen molar-refractivity contribution in [3.05, 3.63) is 51.5 Å². The molecule has 0 radical (unpaired) electrons. The van der Waals surface area contributed by atoms with Crippen LogP contribution in [0.2, 0.25) is 0 Å². The minimum atomic E-state index is -0.668. The highest BCUT2D eigenvalue weighted by Gasteiger charge is 2.34. The van der Waals surface area contributed by atoms with Gasteiger partial charge in [0.25, 0.3) is 5.91 Å². The van der Waals surface area contributed by atoms with Gasteiger partial charge in [0, 0.05) is 0 Å². The third kappa shape index (κ3) is 5.57. The predicted octanol–water partition coefficient (Wildman–Crippen LogP) is 2.87. The molecule has 2 aromatic rings. The first kappa shape index (κ1) is 24.8. The molecule has 1 fully saturated rings. The lowest BCUT2D eigenvalue weighted by molar-refractivity contribution is -0.143. The summed E-state index contributed by atoms with van der Waals surface area (Å²) in [5.41, 5.74) is 0.555. The van der Waals surface area contributed by atoms with Gasteiger partial charge in [-0.25, -0.2) is 14.4 Å². The summed E-state index contributed by atoms with van der Waals surface area (Å²) in [5.74, 6) is -0.999. The number of urea groups is 1. The zero-order valence-corrected chi connectivity index (χ0v) is 20.1. The number of ether oxygens (including phenoxy) is 4. The number of nitrogens with one attached hydrogen (secondary N) is 1. The topological polar surface area (TPSA) is 134 Å². The second kappa shape index (κ2) is 10.9. The van der Waals surface area contributed by atoms with Crippen molar-refractivity contribution in [1.82, 2.24) is 10.2 Å². The average Bonchev–Trinajstić information content (AvgIpc) is 3.38. The van der Waals surface area contributed by atoms with E-state index in [0.29, 0.717) is 22.4 Å². The second-order valence-electron chi connectivity index (χ2n) is 6.76. The molecule has 0 aliphatic carbocycles. The quantitative estimate of drug-likeness (QED) is 0.291. The number of carbonyl (C=O) groups excluding carboxylic acids is 4. The van der Waals surface area contributed by atoms with Crippen molar-refractivity contribution in [2.75, 3.05) is 27.4 Å². The molecular weight excluding hydrogens is 516 g/mol. The van der Waals surface area contributed by atoms with E-state index in [1.165, 1.54) is 32.4 Å². The van der Waals surface area contributed by atoms with E-state index in [0.717, 1.165) is 4.90 Å². The highest BCUT2D eigenvalue weighted by Crippen LogP contribution is 2.37. The van der Waals surface area contributed by atoms with Crippen LogP contribution in [0.1, 0.15) is 28.8 Å². The summed E-state index contributed by atoms with van der Waals surface area (Å²) in [6.07, 6.45) is 1.47. The Morgan fingerprint density at radius 2 is 1.91 bits per heavy atom. The first-order valence-corrected chi connectivity index (χ1v) is 10.7. The average molecular weight is 537 g/mol. The molecule has 3 rings (SSSR count). The zero-order chi connectivity index (χ0) is 24.8. The maximum atomic E-state index is 12.8. The molecule has 12 heteroatoms. The summed E-state index contributed by atoms with van der Waals surface area (Å²) in [4.78, 5) is 49.1. The van der Waals surface area contributed by atoms with E-state index in [9.17, 15) is 19.2 Å². The second-order valence-corrected chi connectivity index (χ2v) is 7.62. The molecular formula is C22H21BrN2O9. The van der Waals surface area contributed by atoms with Gasteiger partial charge in [0.15, 0.2) is 18.1 Å². The zero-order valence-electron chi connectivity index (χ0n) is 18.5. The number of hydrogen-bond donors (Lipinski definition) is 1. The Labute approximate surface area is 202 Å². The largest absolute Gasteiger partial charge is 0.490 e. The molecule has 11 nitrogen and oxygen atoms in total. The smallest absolute Gasteiger partial charge is 0.373 e. The van der Waals surface area contributed by atoms with Crippen molar-refractivity contribution in [3.8, 4) is 11.5 Å². The number of nitrogens with zero attached hydrogens (tertiary/aromatic N) is 1. The Balaban J connectivity index is 1.81. The molecule has 1 aromatic carbocycles. The lowest BCUT2D eigenvalue weighted by Crippen LogP contribution is -2.30. The fraction of sp³-hybridized carbons (Fsp3) is 0.273. The third-order valence-corrected chi connectivity index (χ3v) is 5.12. The molecule has 1 aromatic heterocycles. The van der Waals surface area contributed by atoms with E-state index in [4.69, 9.17) is 13.9 Å². The van der Waals surface area contributed by atoms with Crippen molar-refractivity contribution >= 4 is 45.9 Å². The van der Waals surface area contributed by atoms with Crippen LogP contribution in [0, 0.1) is 0 Å². The molecule has 0 saturated carbocycles. The Morgan fingerprint density at radius 3 is 2.59 bits per heavy atom. The van der Waals surface area contributed by atoms with Gasteiger partial charge in [0.2, 0.25) is 5.76 Å². The molecule has 0 spiro atoms. The third-order valence-electron chi connectivity index (χ3n) is 4.53. The van der Waals surface area contributed by atoms with Gasteiger partial charge in [-0.1, -0.05) is 0 Å². The van der Waals surface area contributed by atoms with Gasteiger partial charge in [-0.2, -0.15) is 0 Å². The lowest BCUT2D eigenvalue weighted by Gasteiger charge is -2.14. The molecule has 180 valence electrons. The van der Waals surface area contributed by atoms with E-state index in [1.54, 1.807) is 19.1 Å². The van der Waals surface area contributed by atoms with Gasteiger partial charge in [-0.3, -0.25) is 9.69 Å². The van der Waals surface area contributed by atoms with Crippen molar-refractivity contribution in [1.29, 1.82) is 0 Å². The van der Waals surface area contributed by atoms with Crippen LogP contribution >= 0.6 is 15.9 Å². The summed E-state index contributed by atoms with van der Waals surface area (Å²) < 4.78 is 26.0. The van der Waals surface area contributed by atoms with Crippen LogP contribution in [0.5, 0.6) is 11.5 Å². The van der Waals surface area contributed by atoms with Crippen LogP contribution in [0.3, 0.4) is 0 Å². The number of amides is 3. The first-order valence-electron chi connectivity index (χ1n) is 9.94. The van der Waals surface area contributed by atoms with Gasteiger partial charge >= 0.3 is 18.0 Å². The summed E-state index contributed by atoms with van der Waals surface area (Å²) >= 11 is 3.37. The van der Waals surface area contributed by atoms with Gasteiger partial charge < -0.3 is 28.7 Å². The monoisotopic (exact) mass is 536 g/mol. The summed E-state index contributed by atoms with van der Waals surface area (Å²) in [7, 11) is 2.46. The number of imide groups is 1. The molecule has 1 N–H and O–H groups in total. The van der Waals surface area contributed by atoms with Crippen LogP contribution in [-0.4, -0.2) is 56.2 Å². The highest BCUT2D eigenvalue weighted by molar-refractivity contribution is 9.10. The number of halogens is 1. The van der Waals surface area contributed by atoms with Crippen LogP contribution in [0.25, 0.3) is 6.08 Å². The molecule has 0 unspecified atom stereocenters. The Hall–Kier alpha value is -3.80. The molecule has 1 saturated heterocycles. The fourth-order valence-electron chi connectivity index (χ4n) is 2.98. The van der Waals surface area contributed by atoms with E-state index in [2.05, 4.69) is 30.7 Å². The van der Waals surface area contributed by atoms with E-state index in [1.807, 2.05) is 0 Å². The predicted molar refractivity (Wildman–Crippen MR) is 120 cm³/mol. The number of rotatable bonds is 9. The molecule has 34 heavy (non-hydrogen) atoms. The summed E-state index contributed by atoms with van der Waals surface area (Å²) in [6.45, 7) is 1.61. The van der Waals surface area contributed by atoms with Crippen LogP contribution in [0.4, 0.5) is 4.79 Å². The maximum Gasteiger partial charge on any atom is 0.373 e. The lowest BCUT2D eigenvalue weighted by atomic mass is 10.1. The van der Waals surface area contributed by atoms with Crippen molar-refractivity contribution in [3.63, 3.8) is 0 Å². The molecule has 2 heterocycles. The normalized spacial score (nSPS) is 14.2. The maximum absolute atomic E-state index is 12.8. The highest BCUT2D eigenvalue weighted by atomic mass is 79.9. The first-order chi connectivity index (χ1) is 16.3. The minimum absolute atomic E-state index is 0.0299. The number of furan rings is 1. The SMILES string of the molecule is CCOc1cc(/C=C2\NC(=O)N(Cc3ccc(C(=O)OC)o3)C2=O)cc(Br)c1OCC(=O)OC. The minimum Gasteiger partial charge on any atom is -0.490 e. The Bertz CT molecular complexity index is 1160. The summed E-state index contributed by atoms with van der Waals surface area (Å²) in [6, 6.07) is 5.47. The number of methoxy groups -OCH3 is 2. The fourth-order valence-corrected chi connectivity index (χ4v) is 3.55. The van der Waals surface area contributed by atoms with E-state index >= 15 is 0 Å². The Morgan fingerprint density at radius 1 is 1.15 bits per heavy atom. The van der Waals surface area contributed by atoms with E-state index < -0.39 is 23.9 Å². The van der Waals surface area contributed by atoms with Crippen molar-refractivity contribution in [2.24, 2.45) is 0 Å². The number of benzene rings is 1. The number of esters is 2. The van der Waals surface area contributed by atoms with Crippen molar-refractivity contribution < 1.29 is 42.5 Å². The molecule has 1 aliphatic heterocycles. The standard InChI is InChI=1S/C22H21BrN2O9/c1-4-32-17-9-12(7-14(23)19(17)33-11-18(26)30-2)8-15-20(27)25(22(29)24-15)10-13-5-6-16(34-13)21(28)31-3/h5-9H,4,10-11H2,1-3H3,(H,24,29)/b15-8-. The van der Waals surface area contributed by atoms with Gasteiger partial charge in [0.1, 0.15) is 11.5 Å². The van der Waals surface area contributed by atoms with Gasteiger partial charge in [-0.05, 0) is 58.8 Å². The molecule has 1 aliphatic rings. The van der Waals surface area contributed by atoms with Crippen LogP contribution in [0.15, 0.2) is 38.9 Å². The molecule has 0 atom stereocenters. The number of carbonyl (C=O) groups is 4. The molecule has 3 amide bonds. The molecule has 0 bridgehead atoms. The van der Waals surface area contributed by atoms with E-state index in [-0.39, 0.29) is 36.1 Å². The van der Waals surface area contributed by atoms with Gasteiger partial charge in [-0.15, -0.1) is 0 Å². The Kier molecular flexibility index (Phi) is 7.95. The van der Waals surface area contributed by atoms with Gasteiger partial charge in [0.05, 0.1) is 31.8 Å². The van der Waals surface area contributed by atoms with Crippen LogP contribution in [-0.2, 0) is 25.6 Å². The van der Waals surface area contributed by atoms with Crippen LogP contribution < -0.4 is 14.8 Å². The summed E-state index contributed by atoms with van der Waals surface area (Å²) in [5, 5.41) is 2.51. The van der Waals surface area contributed by atoms with Crippen molar-refractivity contribution in [2.45, 2.75) is 13.5 Å². The number of hydrogen-bond acceptors (Lipinski definition) is 9.